The number of rotatable bonds is 7. The number of aromatic amines is 1. The maximum atomic E-state index is 12.8. The van der Waals surface area contributed by atoms with Crippen molar-refractivity contribution in [1.82, 2.24) is 25.6 Å². The summed E-state index contributed by atoms with van der Waals surface area (Å²) in [5.74, 6) is 0.600. The second-order valence-corrected chi connectivity index (χ2v) is 5.08. The summed E-state index contributed by atoms with van der Waals surface area (Å²) in [7, 11) is 0. The van der Waals surface area contributed by atoms with E-state index in [9.17, 15) is 4.39 Å². The third-order valence-electron chi connectivity index (χ3n) is 3.24. The fourth-order valence-corrected chi connectivity index (χ4v) is 1.90. The third kappa shape index (κ3) is 4.80. The van der Waals surface area contributed by atoms with E-state index in [1.807, 2.05) is 13.0 Å². The molecule has 0 radical (unpaired) electrons. The Morgan fingerprint density at radius 2 is 2.00 bits per heavy atom. The number of nitrogens with one attached hydrogen (secondary N) is 1. The monoisotopic (exact) mass is 342 g/mol. The predicted molar refractivity (Wildman–Crippen MR) is 86.1 cm³/mol. The largest absolute Gasteiger partial charge is 0.469 e. The summed E-state index contributed by atoms with van der Waals surface area (Å²) in [6, 6.07) is 9.60. The van der Waals surface area contributed by atoms with Gasteiger partial charge in [0.2, 0.25) is 11.7 Å². The van der Waals surface area contributed by atoms with Gasteiger partial charge in [0.1, 0.15) is 12.4 Å². The molecule has 2 heterocycles. The van der Waals surface area contributed by atoms with Crippen molar-refractivity contribution < 1.29 is 14.0 Å². The van der Waals surface area contributed by atoms with Crippen LogP contribution in [0, 0.1) is 5.82 Å². The smallest absolute Gasteiger partial charge is 0.213 e. The lowest BCUT2D eigenvalue weighted by Gasteiger charge is -2.05. The molecule has 8 nitrogen and oxygen atoms in total. The highest BCUT2D eigenvalue weighted by molar-refractivity contribution is 5.98. The van der Waals surface area contributed by atoms with E-state index in [0.717, 1.165) is 11.1 Å². The lowest BCUT2D eigenvalue weighted by Crippen LogP contribution is -2.01. The first-order valence-electron chi connectivity index (χ1n) is 7.43. The molecular formula is C16H15FN6O2. The molecule has 0 amide bonds. The zero-order chi connectivity index (χ0) is 17.5. The van der Waals surface area contributed by atoms with E-state index in [0.29, 0.717) is 17.4 Å². The number of halogens is 1. The van der Waals surface area contributed by atoms with Crippen LogP contribution in [0.25, 0.3) is 0 Å². The number of H-pyrrole nitrogens is 1. The molecule has 0 aliphatic rings. The molecule has 25 heavy (non-hydrogen) atoms. The molecule has 2 aromatic heterocycles. The average Bonchev–Trinajstić information content (AvgIpc) is 3.15. The van der Waals surface area contributed by atoms with Gasteiger partial charge >= 0.3 is 0 Å². The lowest BCUT2D eigenvalue weighted by atomic mass is 10.2. The Morgan fingerprint density at radius 3 is 2.68 bits per heavy atom. The summed E-state index contributed by atoms with van der Waals surface area (Å²) in [5.41, 5.74) is 2.30. The molecule has 0 spiro atoms. The molecule has 0 saturated heterocycles. The van der Waals surface area contributed by atoms with Crippen LogP contribution in [0.15, 0.2) is 47.8 Å². The van der Waals surface area contributed by atoms with Gasteiger partial charge in [-0.25, -0.2) is 9.37 Å². The fraction of sp³-hybridized carbons (Fsp3) is 0.188. The highest BCUT2D eigenvalue weighted by Gasteiger charge is 2.03. The van der Waals surface area contributed by atoms with Gasteiger partial charge in [-0.2, -0.15) is 5.21 Å². The highest BCUT2D eigenvalue weighted by atomic mass is 19.1. The van der Waals surface area contributed by atoms with Gasteiger partial charge in [0, 0.05) is 17.8 Å². The Bertz CT molecular complexity index is 819. The molecule has 0 saturated carbocycles. The maximum absolute atomic E-state index is 12.8. The van der Waals surface area contributed by atoms with Crippen LogP contribution in [-0.4, -0.2) is 31.3 Å². The average molecular weight is 342 g/mol. The van der Waals surface area contributed by atoms with Crippen LogP contribution in [0.2, 0.25) is 0 Å². The molecule has 0 atom stereocenters. The number of hydrogen-bond acceptors (Lipinski definition) is 7. The number of benzene rings is 1. The minimum atomic E-state index is -0.281. The van der Waals surface area contributed by atoms with Crippen molar-refractivity contribution in [1.29, 1.82) is 0 Å². The number of tetrazole rings is 1. The van der Waals surface area contributed by atoms with Crippen molar-refractivity contribution in [2.45, 2.75) is 20.1 Å². The van der Waals surface area contributed by atoms with Crippen LogP contribution >= 0.6 is 0 Å². The van der Waals surface area contributed by atoms with E-state index in [1.54, 1.807) is 24.4 Å². The van der Waals surface area contributed by atoms with Crippen LogP contribution in [-0.2, 0) is 18.1 Å². The van der Waals surface area contributed by atoms with Crippen LogP contribution in [0.3, 0.4) is 0 Å². The van der Waals surface area contributed by atoms with Crippen molar-refractivity contribution in [3.8, 4) is 5.88 Å². The SMILES string of the molecule is CC(=NOCc1ccc(F)cc1)c1ccc(OCc2nn[nH]n2)nc1. The number of ether oxygens (including phenoxy) is 1. The number of aromatic nitrogens is 5. The standard InChI is InChI=1S/C16H15FN6O2/c1-11(21-25-9-12-2-5-14(17)6-3-12)13-4-7-16(18-8-13)24-10-15-19-22-23-20-15/h2-8H,9-10H2,1H3,(H,19,20,22,23). The fourth-order valence-electron chi connectivity index (χ4n) is 1.90. The minimum absolute atomic E-state index is 0.177. The number of oxime groups is 1. The van der Waals surface area contributed by atoms with Gasteiger partial charge in [-0.05, 0) is 30.7 Å². The topological polar surface area (TPSA) is 98.2 Å². The molecule has 0 bridgehead atoms. The molecule has 0 aliphatic heterocycles. The van der Waals surface area contributed by atoms with Crippen LogP contribution in [0.1, 0.15) is 23.9 Å². The summed E-state index contributed by atoms with van der Waals surface area (Å²) in [6.07, 6.45) is 1.63. The first kappa shape index (κ1) is 16.5. The van der Waals surface area contributed by atoms with Crippen LogP contribution < -0.4 is 4.74 Å². The van der Waals surface area contributed by atoms with Gasteiger partial charge in [-0.3, -0.25) is 0 Å². The van der Waals surface area contributed by atoms with E-state index in [1.165, 1.54) is 12.1 Å². The van der Waals surface area contributed by atoms with Gasteiger partial charge in [0.05, 0.1) is 5.71 Å². The zero-order valence-corrected chi connectivity index (χ0v) is 13.4. The van der Waals surface area contributed by atoms with Gasteiger partial charge in [-0.15, -0.1) is 10.2 Å². The first-order valence-corrected chi connectivity index (χ1v) is 7.43. The minimum Gasteiger partial charge on any atom is -0.469 e. The Labute approximate surface area is 142 Å². The lowest BCUT2D eigenvalue weighted by molar-refractivity contribution is 0.130. The predicted octanol–water partition coefficient (Wildman–Crippen LogP) is 2.25. The zero-order valence-electron chi connectivity index (χ0n) is 13.4. The summed E-state index contributed by atoms with van der Waals surface area (Å²) < 4.78 is 18.3. The van der Waals surface area contributed by atoms with Gasteiger partial charge in [-0.1, -0.05) is 22.5 Å². The van der Waals surface area contributed by atoms with Crippen molar-refractivity contribution in [3.63, 3.8) is 0 Å². The second-order valence-electron chi connectivity index (χ2n) is 5.08. The van der Waals surface area contributed by atoms with E-state index < -0.39 is 0 Å². The Kier molecular flexibility index (Phi) is 5.25. The van der Waals surface area contributed by atoms with Crippen molar-refractivity contribution >= 4 is 5.71 Å². The molecule has 3 rings (SSSR count). The van der Waals surface area contributed by atoms with Crippen molar-refractivity contribution in [2.24, 2.45) is 5.16 Å². The molecule has 0 fully saturated rings. The maximum Gasteiger partial charge on any atom is 0.213 e. The highest BCUT2D eigenvalue weighted by Crippen LogP contribution is 2.10. The van der Waals surface area contributed by atoms with Crippen molar-refractivity contribution in [2.75, 3.05) is 0 Å². The third-order valence-corrected chi connectivity index (χ3v) is 3.24. The van der Waals surface area contributed by atoms with E-state index >= 15 is 0 Å². The number of pyridine rings is 1. The quantitative estimate of drug-likeness (QED) is 0.522. The van der Waals surface area contributed by atoms with E-state index in [4.69, 9.17) is 9.57 Å². The van der Waals surface area contributed by atoms with E-state index in [2.05, 4.69) is 30.8 Å². The summed E-state index contributed by atoms with van der Waals surface area (Å²) in [6.45, 7) is 2.25. The molecule has 9 heteroatoms. The second kappa shape index (κ2) is 7.95. The van der Waals surface area contributed by atoms with Gasteiger partial charge in [0.15, 0.2) is 6.61 Å². The molecule has 1 N–H and O–H groups in total. The normalized spacial score (nSPS) is 11.4. The van der Waals surface area contributed by atoms with Gasteiger partial charge in [0.25, 0.3) is 0 Å². The molecular weight excluding hydrogens is 327 g/mol. The Hall–Kier alpha value is -3.36. The molecule has 128 valence electrons. The molecule has 0 unspecified atom stereocenters. The summed E-state index contributed by atoms with van der Waals surface area (Å²) >= 11 is 0. The van der Waals surface area contributed by atoms with Crippen LogP contribution in [0.4, 0.5) is 4.39 Å². The van der Waals surface area contributed by atoms with E-state index in [-0.39, 0.29) is 19.0 Å². The summed E-state index contributed by atoms with van der Waals surface area (Å²) in [5, 5.41) is 17.4. The Morgan fingerprint density at radius 1 is 1.16 bits per heavy atom. The number of nitrogens with zero attached hydrogens (tertiary/aromatic N) is 5. The molecule has 0 aliphatic carbocycles. The number of hydrogen-bond donors (Lipinski definition) is 1. The van der Waals surface area contributed by atoms with Gasteiger partial charge < -0.3 is 9.57 Å². The molecule has 3 aromatic rings. The first-order chi connectivity index (χ1) is 12.2. The Balaban J connectivity index is 1.52. The van der Waals surface area contributed by atoms with Crippen LogP contribution in [0.5, 0.6) is 5.88 Å². The van der Waals surface area contributed by atoms with Crippen molar-refractivity contribution in [3.05, 3.63) is 65.4 Å². The summed E-state index contributed by atoms with van der Waals surface area (Å²) in [4.78, 5) is 9.47. The molecule has 1 aromatic carbocycles.